The van der Waals surface area contributed by atoms with E-state index in [-0.39, 0.29) is 11.8 Å². The molecule has 5 rings (SSSR count). The summed E-state index contributed by atoms with van der Waals surface area (Å²) in [5.74, 6) is 0.245. The van der Waals surface area contributed by atoms with Gasteiger partial charge < -0.3 is 10.1 Å². The zero-order valence-electron chi connectivity index (χ0n) is 27.5. The largest absolute Gasteiger partial charge is 0.360 e. The molecular formula is C37H44N6O3Si. The van der Waals surface area contributed by atoms with E-state index in [1.807, 2.05) is 95.8 Å². The van der Waals surface area contributed by atoms with Gasteiger partial charge in [-0.25, -0.2) is 9.67 Å². The molecule has 0 spiro atoms. The van der Waals surface area contributed by atoms with Crippen molar-refractivity contribution in [2.75, 3.05) is 17.2 Å². The highest BCUT2D eigenvalue weighted by Gasteiger charge is 2.16. The van der Waals surface area contributed by atoms with E-state index in [1.165, 1.54) is 0 Å². The van der Waals surface area contributed by atoms with Crippen LogP contribution < -0.4 is 10.6 Å². The zero-order chi connectivity index (χ0) is 33.1. The zero-order valence-corrected chi connectivity index (χ0v) is 28.5. The Bertz CT molecular complexity index is 1740. The van der Waals surface area contributed by atoms with Gasteiger partial charge in [-0.1, -0.05) is 74.6 Å². The number of imidazole rings is 1. The first-order valence-electron chi connectivity index (χ1n) is 16.2. The average molecular weight is 649 g/mol. The highest BCUT2D eigenvalue weighted by molar-refractivity contribution is 6.76. The summed E-state index contributed by atoms with van der Waals surface area (Å²) in [4.78, 5) is 30.6. The molecule has 0 bridgehead atoms. The number of hydrogen-bond donors (Lipinski definition) is 2. The Morgan fingerprint density at radius 3 is 2.36 bits per heavy atom. The van der Waals surface area contributed by atoms with Gasteiger partial charge in [-0.2, -0.15) is 5.10 Å². The molecule has 2 amide bonds. The number of nitrogens with one attached hydrogen (secondary N) is 2. The molecule has 244 valence electrons. The molecule has 0 aliphatic heterocycles. The summed E-state index contributed by atoms with van der Waals surface area (Å²) in [5, 5.41) is 10.4. The molecule has 2 N–H and O–H groups in total. The summed E-state index contributed by atoms with van der Waals surface area (Å²) >= 11 is 0. The third kappa shape index (κ3) is 10.4. The third-order valence-corrected chi connectivity index (χ3v) is 9.43. The van der Waals surface area contributed by atoms with Gasteiger partial charge in [-0.05, 0) is 67.3 Å². The van der Waals surface area contributed by atoms with Crippen molar-refractivity contribution in [1.29, 1.82) is 0 Å². The SMILES string of the molecule is C[Si](C)(C)CCOCn1cc(-c2cccc(C(=O)Nc3nc(CCCCCC(=O)Nc4ccccc4)cn3-c3ccccc3)c2)cn1. The minimum absolute atomic E-state index is 0.0225. The molecule has 0 fully saturated rings. The van der Waals surface area contributed by atoms with E-state index >= 15 is 0 Å². The number of para-hydroxylation sites is 2. The van der Waals surface area contributed by atoms with Gasteiger partial charge in [0, 0.05) is 56.0 Å². The summed E-state index contributed by atoms with van der Waals surface area (Å²) in [7, 11) is -1.14. The van der Waals surface area contributed by atoms with Gasteiger partial charge in [-0.3, -0.25) is 19.5 Å². The number of anilines is 2. The molecule has 3 aromatic carbocycles. The number of aromatic nitrogens is 4. The van der Waals surface area contributed by atoms with Crippen molar-refractivity contribution < 1.29 is 14.3 Å². The lowest BCUT2D eigenvalue weighted by molar-refractivity contribution is -0.116. The minimum atomic E-state index is -1.14. The van der Waals surface area contributed by atoms with Crippen LogP contribution in [-0.2, 0) is 22.7 Å². The van der Waals surface area contributed by atoms with E-state index in [0.717, 1.165) is 66.5 Å². The van der Waals surface area contributed by atoms with Crippen molar-refractivity contribution in [3.05, 3.63) is 115 Å². The summed E-state index contributed by atoms with van der Waals surface area (Å²) in [6, 6.07) is 28.0. The maximum atomic E-state index is 13.5. The lowest BCUT2D eigenvalue weighted by atomic mass is 10.1. The average Bonchev–Trinajstić information content (AvgIpc) is 3.71. The van der Waals surface area contributed by atoms with Gasteiger partial charge in [0.1, 0.15) is 6.73 Å². The number of ether oxygens (including phenoxy) is 1. The van der Waals surface area contributed by atoms with Crippen LogP contribution in [0.15, 0.2) is 104 Å². The van der Waals surface area contributed by atoms with E-state index in [9.17, 15) is 9.59 Å². The van der Waals surface area contributed by atoms with Crippen LogP contribution >= 0.6 is 0 Å². The smallest absolute Gasteiger partial charge is 0.258 e. The molecule has 2 aromatic heterocycles. The monoisotopic (exact) mass is 648 g/mol. The van der Waals surface area contributed by atoms with Crippen molar-refractivity contribution in [2.45, 2.75) is 64.5 Å². The molecule has 0 unspecified atom stereocenters. The van der Waals surface area contributed by atoms with Crippen LogP contribution in [0.3, 0.4) is 0 Å². The fourth-order valence-corrected chi connectivity index (χ4v) is 5.83. The molecule has 5 aromatic rings. The Morgan fingerprint density at radius 1 is 0.830 bits per heavy atom. The predicted octanol–water partition coefficient (Wildman–Crippen LogP) is 8.04. The maximum Gasteiger partial charge on any atom is 0.258 e. The van der Waals surface area contributed by atoms with Crippen molar-refractivity contribution in [3.8, 4) is 16.8 Å². The minimum Gasteiger partial charge on any atom is -0.360 e. The second-order valence-electron chi connectivity index (χ2n) is 12.9. The number of carbonyl (C=O) groups excluding carboxylic acids is 2. The van der Waals surface area contributed by atoms with Crippen LogP contribution in [0.1, 0.15) is 41.7 Å². The highest BCUT2D eigenvalue weighted by Crippen LogP contribution is 2.23. The van der Waals surface area contributed by atoms with Gasteiger partial charge in [0.25, 0.3) is 5.91 Å². The van der Waals surface area contributed by atoms with Crippen LogP contribution in [0.2, 0.25) is 25.7 Å². The van der Waals surface area contributed by atoms with E-state index in [2.05, 4.69) is 35.4 Å². The molecule has 2 heterocycles. The predicted molar refractivity (Wildman–Crippen MR) is 191 cm³/mol. The Morgan fingerprint density at radius 2 is 1.60 bits per heavy atom. The van der Waals surface area contributed by atoms with Gasteiger partial charge in [0.2, 0.25) is 11.9 Å². The standard InChI is InChI=1S/C37H44N6O3Si/c1-47(2,3)23-22-46-28-42-26-31(25-38-42)29-14-13-15-30(24-29)36(45)41-37-40-33(27-43(37)34-19-10-6-11-20-34)18-9-5-12-21-35(44)39-32-16-7-4-8-17-32/h4,6-8,10-11,13-17,19-20,24-27H,5,9,12,18,21-23,28H2,1-3H3,(H,39,44)(H,40,41,45). The first-order valence-corrected chi connectivity index (χ1v) is 19.9. The van der Waals surface area contributed by atoms with E-state index in [0.29, 0.717) is 24.7 Å². The fraction of sp³-hybridized carbons (Fsp3) is 0.297. The lowest BCUT2D eigenvalue weighted by Gasteiger charge is -2.15. The second kappa shape index (κ2) is 16.2. The normalized spacial score (nSPS) is 11.4. The van der Waals surface area contributed by atoms with Crippen LogP contribution in [0.4, 0.5) is 11.6 Å². The van der Waals surface area contributed by atoms with Gasteiger partial charge in [0.15, 0.2) is 0 Å². The Hall–Kier alpha value is -4.80. The van der Waals surface area contributed by atoms with Crippen LogP contribution in [0.5, 0.6) is 0 Å². The molecule has 9 nitrogen and oxygen atoms in total. The molecule has 47 heavy (non-hydrogen) atoms. The van der Waals surface area contributed by atoms with Crippen molar-refractivity contribution in [3.63, 3.8) is 0 Å². The molecule has 10 heteroatoms. The Balaban J connectivity index is 1.19. The van der Waals surface area contributed by atoms with Crippen LogP contribution in [-0.4, -0.2) is 45.8 Å². The molecule has 0 saturated carbocycles. The number of nitrogens with zero attached hydrogens (tertiary/aromatic N) is 4. The molecule has 0 aliphatic rings. The van der Waals surface area contributed by atoms with Crippen LogP contribution in [0, 0.1) is 0 Å². The third-order valence-electron chi connectivity index (χ3n) is 7.72. The van der Waals surface area contributed by atoms with E-state index in [4.69, 9.17) is 9.72 Å². The van der Waals surface area contributed by atoms with Gasteiger partial charge >= 0.3 is 0 Å². The number of hydrogen-bond acceptors (Lipinski definition) is 5. The maximum absolute atomic E-state index is 13.5. The van der Waals surface area contributed by atoms with Crippen molar-refractivity contribution >= 4 is 31.5 Å². The second-order valence-corrected chi connectivity index (χ2v) is 18.5. The number of rotatable bonds is 16. The summed E-state index contributed by atoms with van der Waals surface area (Å²) in [6.07, 6.45) is 9.50. The van der Waals surface area contributed by atoms with E-state index in [1.54, 1.807) is 16.9 Å². The molecule has 0 atom stereocenters. The highest BCUT2D eigenvalue weighted by atomic mass is 28.3. The number of benzene rings is 3. The van der Waals surface area contributed by atoms with Crippen molar-refractivity contribution in [2.24, 2.45) is 0 Å². The first kappa shape index (κ1) is 33.6. The number of unbranched alkanes of at least 4 members (excludes halogenated alkanes) is 2. The fourth-order valence-electron chi connectivity index (χ4n) is 5.07. The van der Waals surface area contributed by atoms with Gasteiger partial charge in [-0.15, -0.1) is 0 Å². The Kier molecular flexibility index (Phi) is 11.5. The molecular weight excluding hydrogens is 605 g/mol. The number of amides is 2. The Labute approximate surface area is 278 Å². The summed E-state index contributed by atoms with van der Waals surface area (Å²) in [5.41, 5.74) is 4.95. The summed E-state index contributed by atoms with van der Waals surface area (Å²) in [6.45, 7) is 8.13. The lowest BCUT2D eigenvalue weighted by Crippen LogP contribution is -2.22. The number of aryl methyl sites for hydroxylation is 1. The quantitative estimate of drug-likeness (QED) is 0.0833. The molecule has 0 saturated heterocycles. The molecule has 0 aliphatic carbocycles. The first-order chi connectivity index (χ1) is 22.7. The topological polar surface area (TPSA) is 103 Å². The van der Waals surface area contributed by atoms with Crippen molar-refractivity contribution in [1.82, 2.24) is 19.3 Å². The van der Waals surface area contributed by atoms with Crippen LogP contribution in [0.25, 0.3) is 16.8 Å². The van der Waals surface area contributed by atoms with Gasteiger partial charge in [0.05, 0.1) is 11.9 Å². The van der Waals surface area contributed by atoms with E-state index < -0.39 is 8.07 Å². The molecule has 0 radical (unpaired) electrons. The number of carbonyl (C=O) groups is 2. The summed E-state index contributed by atoms with van der Waals surface area (Å²) < 4.78 is 9.53.